The molecule has 5 aromatic rings. The molecule has 43 heavy (non-hydrogen) atoms. The van der Waals surface area contributed by atoms with Crippen molar-refractivity contribution >= 4 is 40.4 Å². The molecule has 2 bridgehead atoms. The summed E-state index contributed by atoms with van der Waals surface area (Å²) in [5.41, 5.74) is 7.07. The smallest absolute Gasteiger partial charge is 0.244 e. The molecule has 1 aliphatic heterocycles. The summed E-state index contributed by atoms with van der Waals surface area (Å²) < 4.78 is 0. The number of anilines is 1. The number of hydrazone groups is 1. The average Bonchev–Trinajstić information content (AvgIpc) is 3.31. The number of carbonyl (C=O) groups is 3. The molecule has 9 rings (SSSR count). The van der Waals surface area contributed by atoms with Gasteiger partial charge in [0.2, 0.25) is 17.7 Å². The van der Waals surface area contributed by atoms with E-state index >= 15 is 0 Å². The number of fused-ring (bicyclic) bond motifs is 1. The van der Waals surface area contributed by atoms with E-state index in [1.807, 2.05) is 109 Å². The summed E-state index contributed by atoms with van der Waals surface area (Å²) in [7, 11) is 0. The van der Waals surface area contributed by atoms with Gasteiger partial charge in [0.15, 0.2) is 0 Å². The van der Waals surface area contributed by atoms with Crippen LogP contribution in [0.5, 0.6) is 0 Å². The summed E-state index contributed by atoms with van der Waals surface area (Å²) in [5, 5.41) is 6.33. The van der Waals surface area contributed by atoms with E-state index in [0.717, 1.165) is 38.6 Å². The monoisotopic (exact) mass is 561 g/mol. The molecular weight excluding hydrogens is 534 g/mol. The first-order chi connectivity index (χ1) is 21.1. The Morgan fingerprint density at radius 2 is 1.37 bits per heavy atom. The van der Waals surface area contributed by atoms with Crippen molar-refractivity contribution in [3.05, 3.63) is 149 Å². The topological polar surface area (TPSA) is 78.8 Å². The first-order valence-electron chi connectivity index (χ1n) is 14.5. The van der Waals surface area contributed by atoms with Crippen LogP contribution in [0.25, 0.3) is 10.8 Å². The van der Waals surface area contributed by atoms with Crippen molar-refractivity contribution in [2.45, 2.75) is 17.8 Å². The molecule has 1 saturated heterocycles. The molecule has 208 valence electrons. The van der Waals surface area contributed by atoms with Crippen LogP contribution in [-0.2, 0) is 26.2 Å². The molecule has 3 amide bonds. The van der Waals surface area contributed by atoms with Gasteiger partial charge in [-0.15, -0.1) is 0 Å². The van der Waals surface area contributed by atoms with Gasteiger partial charge in [-0.1, -0.05) is 115 Å². The van der Waals surface area contributed by atoms with Gasteiger partial charge in [-0.25, -0.2) is 10.3 Å². The summed E-state index contributed by atoms with van der Waals surface area (Å²) in [6.45, 7) is 0. The van der Waals surface area contributed by atoms with Crippen molar-refractivity contribution in [3.63, 3.8) is 0 Å². The van der Waals surface area contributed by atoms with E-state index in [9.17, 15) is 14.4 Å². The van der Waals surface area contributed by atoms with E-state index in [0.29, 0.717) is 5.69 Å². The lowest BCUT2D eigenvalue weighted by molar-refractivity contribution is -0.123. The molecule has 6 nitrogen and oxygen atoms in total. The van der Waals surface area contributed by atoms with Crippen molar-refractivity contribution in [3.8, 4) is 0 Å². The lowest BCUT2D eigenvalue weighted by atomic mass is 9.47. The first kappa shape index (κ1) is 25.4. The van der Waals surface area contributed by atoms with Crippen LogP contribution in [0, 0.1) is 11.8 Å². The van der Waals surface area contributed by atoms with Crippen molar-refractivity contribution < 1.29 is 14.4 Å². The predicted octanol–water partition coefficient (Wildman–Crippen LogP) is 5.74. The quantitative estimate of drug-likeness (QED) is 0.169. The number of imide groups is 1. The van der Waals surface area contributed by atoms with E-state index in [1.165, 1.54) is 4.90 Å². The zero-order chi connectivity index (χ0) is 29.1. The van der Waals surface area contributed by atoms with Crippen LogP contribution >= 0.6 is 0 Å². The van der Waals surface area contributed by atoms with Crippen LogP contribution in [0.4, 0.5) is 5.69 Å². The van der Waals surface area contributed by atoms with Gasteiger partial charge >= 0.3 is 0 Å². The fourth-order valence-electron chi connectivity index (χ4n) is 7.72. The third kappa shape index (κ3) is 3.59. The van der Waals surface area contributed by atoms with Gasteiger partial charge in [0, 0.05) is 17.5 Å². The fourth-order valence-corrected chi connectivity index (χ4v) is 7.72. The van der Waals surface area contributed by atoms with E-state index in [4.69, 9.17) is 0 Å². The molecule has 1 fully saturated rings. The molecule has 6 heteroatoms. The summed E-state index contributed by atoms with van der Waals surface area (Å²) in [6.07, 6.45) is 1.89. The number of nitrogens with zero attached hydrogens (tertiary/aromatic N) is 2. The molecule has 0 saturated carbocycles. The Bertz CT molecular complexity index is 1930. The number of hydrogen-bond acceptors (Lipinski definition) is 4. The Hall–Kier alpha value is -5.36. The maximum atomic E-state index is 14.7. The third-order valence-electron chi connectivity index (χ3n) is 9.36. The SMILES string of the molecule is O=C(Cc1ccccc1)N/N=C\C12c3ccccc3C(c3ccccc31)[C@H]1C(=O)N(c3cccc4ccccc34)C(=O)[C@@H]12. The van der Waals surface area contributed by atoms with Gasteiger partial charge < -0.3 is 0 Å². The minimum Gasteiger partial charge on any atom is -0.274 e. The van der Waals surface area contributed by atoms with Gasteiger partial charge in [0.05, 0.1) is 29.4 Å². The van der Waals surface area contributed by atoms with Crippen molar-refractivity contribution in [1.82, 2.24) is 5.43 Å². The van der Waals surface area contributed by atoms with Crippen LogP contribution in [0.15, 0.2) is 126 Å². The Labute approximate surface area is 248 Å². The van der Waals surface area contributed by atoms with E-state index in [2.05, 4.69) is 22.7 Å². The van der Waals surface area contributed by atoms with Crippen LogP contribution in [0.3, 0.4) is 0 Å². The molecule has 3 aliphatic carbocycles. The molecule has 1 N–H and O–H groups in total. The molecule has 5 aromatic carbocycles. The molecular formula is C37H27N3O3. The molecule has 1 heterocycles. The lowest BCUT2D eigenvalue weighted by Crippen LogP contribution is -2.54. The second-order valence-electron chi connectivity index (χ2n) is 11.5. The van der Waals surface area contributed by atoms with Crippen molar-refractivity contribution in [1.29, 1.82) is 0 Å². The molecule has 2 atom stereocenters. The predicted molar refractivity (Wildman–Crippen MR) is 166 cm³/mol. The van der Waals surface area contributed by atoms with Gasteiger partial charge in [-0.3, -0.25) is 14.4 Å². The largest absolute Gasteiger partial charge is 0.274 e. The molecule has 0 radical (unpaired) electrons. The van der Waals surface area contributed by atoms with Crippen molar-refractivity contribution in [2.24, 2.45) is 16.9 Å². The molecule has 0 spiro atoms. The number of nitrogens with one attached hydrogen (secondary N) is 1. The highest BCUT2D eigenvalue weighted by molar-refractivity contribution is 6.27. The first-order valence-corrected chi connectivity index (χ1v) is 14.5. The number of rotatable bonds is 5. The fraction of sp³-hybridized carbons (Fsp3) is 0.135. The van der Waals surface area contributed by atoms with E-state index in [-0.39, 0.29) is 30.1 Å². The Kier molecular flexibility index (Phi) is 5.66. The second kappa shape index (κ2) is 9.60. The zero-order valence-corrected chi connectivity index (χ0v) is 23.2. The Balaban J connectivity index is 1.28. The zero-order valence-electron chi connectivity index (χ0n) is 23.2. The minimum absolute atomic E-state index is 0.179. The second-order valence-corrected chi connectivity index (χ2v) is 11.5. The van der Waals surface area contributed by atoms with Crippen LogP contribution < -0.4 is 10.3 Å². The number of amides is 3. The molecule has 4 aliphatic rings. The Morgan fingerprint density at radius 1 is 0.744 bits per heavy atom. The minimum atomic E-state index is -1.04. The summed E-state index contributed by atoms with van der Waals surface area (Å²) >= 11 is 0. The summed E-state index contributed by atoms with van der Waals surface area (Å²) in [4.78, 5) is 43.5. The Morgan fingerprint density at radius 3 is 2.12 bits per heavy atom. The standard InChI is InChI=1S/C37H27N3O3/c41-31(21-23-11-2-1-3-12-23)39-38-22-37-28-18-8-6-16-26(28)32(27-17-7-9-19-29(27)37)33-34(37)36(43)40(35(33)42)30-20-10-14-24-13-4-5-15-25(24)30/h1-20,22,32-34H,21H2,(H,39,41)/b38-22-/t32?,33-,34-,37?/m1/s1. The third-order valence-corrected chi connectivity index (χ3v) is 9.36. The normalized spacial score (nSPS) is 23.3. The van der Waals surface area contributed by atoms with Crippen LogP contribution in [0.1, 0.15) is 33.7 Å². The van der Waals surface area contributed by atoms with Gasteiger partial charge in [0.25, 0.3) is 0 Å². The average molecular weight is 562 g/mol. The lowest BCUT2D eigenvalue weighted by Gasteiger charge is -2.52. The van der Waals surface area contributed by atoms with Crippen LogP contribution in [0.2, 0.25) is 0 Å². The highest BCUT2D eigenvalue weighted by Gasteiger charge is 2.68. The van der Waals surface area contributed by atoms with Gasteiger partial charge in [-0.05, 0) is 39.3 Å². The van der Waals surface area contributed by atoms with E-state index < -0.39 is 17.3 Å². The molecule has 0 unspecified atom stereocenters. The summed E-state index contributed by atoms with van der Waals surface area (Å²) in [6, 6.07) is 39.1. The van der Waals surface area contributed by atoms with Gasteiger partial charge in [-0.2, -0.15) is 5.10 Å². The van der Waals surface area contributed by atoms with Crippen LogP contribution in [-0.4, -0.2) is 23.9 Å². The summed E-state index contributed by atoms with van der Waals surface area (Å²) in [5.74, 6) is -2.30. The maximum absolute atomic E-state index is 14.7. The van der Waals surface area contributed by atoms with Gasteiger partial charge in [0.1, 0.15) is 0 Å². The maximum Gasteiger partial charge on any atom is 0.244 e. The highest BCUT2D eigenvalue weighted by Crippen LogP contribution is 2.63. The number of hydrogen-bond donors (Lipinski definition) is 1. The number of carbonyl (C=O) groups excluding carboxylic acids is 3. The number of benzene rings is 5. The van der Waals surface area contributed by atoms with Crippen molar-refractivity contribution in [2.75, 3.05) is 4.90 Å². The molecule has 0 aromatic heterocycles. The van der Waals surface area contributed by atoms with E-state index in [1.54, 1.807) is 6.21 Å². The highest BCUT2D eigenvalue weighted by atomic mass is 16.2.